The van der Waals surface area contributed by atoms with E-state index in [1.54, 1.807) is 4.90 Å². The van der Waals surface area contributed by atoms with Gasteiger partial charge in [-0.2, -0.15) is 17.0 Å². The fraction of sp³-hybridized carbons (Fsp3) is 0.806. The number of ketones is 1. The number of hydrogen-bond donors (Lipinski definition) is 4. The molecule has 1 heterocycles. The van der Waals surface area contributed by atoms with Crippen molar-refractivity contribution in [3.63, 3.8) is 0 Å². The van der Waals surface area contributed by atoms with Gasteiger partial charge >= 0.3 is 6.03 Å². The summed E-state index contributed by atoms with van der Waals surface area (Å²) < 4.78 is 27.9. The highest BCUT2D eigenvalue weighted by molar-refractivity contribution is 7.86. The number of carbonyl (C=O) groups excluding carboxylic acids is 5. The molecule has 5 amide bonds. The standard InChI is InChI=1S/C36H65N7O7S/c1-11-13-19-27(31(44)33(46)37-21-12-2)38-32(45)30-26(24(3)4)20-22-43(30)34(47)29(25-17-15-14-16-18-25)40-35(48)39-28(36(5,6)7)23-42(10)51(49,50)41(8)9/h12,24-30H,2,11,13-23H2,1,3-10H3,(H,37,46)(H,38,45)(H2,39,40,48)/t26-,27?,28-,29+,30+/m1/s1. The molecule has 51 heavy (non-hydrogen) atoms. The van der Waals surface area contributed by atoms with Crippen molar-refractivity contribution in [2.75, 3.05) is 40.8 Å². The van der Waals surface area contributed by atoms with Crippen molar-refractivity contribution in [1.29, 1.82) is 0 Å². The van der Waals surface area contributed by atoms with E-state index < -0.39 is 63.4 Å². The van der Waals surface area contributed by atoms with Crippen molar-refractivity contribution in [3.05, 3.63) is 12.7 Å². The van der Waals surface area contributed by atoms with E-state index in [0.29, 0.717) is 19.4 Å². The molecule has 292 valence electrons. The largest absolute Gasteiger partial charge is 0.346 e. The lowest BCUT2D eigenvalue weighted by molar-refractivity contribution is -0.144. The van der Waals surface area contributed by atoms with Crippen molar-refractivity contribution in [3.8, 4) is 0 Å². The average molecular weight is 740 g/mol. The summed E-state index contributed by atoms with van der Waals surface area (Å²) in [5.74, 6) is -2.72. The Hall–Kier alpha value is -3.04. The second kappa shape index (κ2) is 19.7. The minimum atomic E-state index is -3.74. The van der Waals surface area contributed by atoms with Crippen LogP contribution in [0, 0.1) is 23.2 Å². The first-order valence-electron chi connectivity index (χ1n) is 18.5. The lowest BCUT2D eigenvalue weighted by Gasteiger charge is -2.38. The first-order chi connectivity index (χ1) is 23.8. The molecule has 1 unspecified atom stereocenters. The summed E-state index contributed by atoms with van der Waals surface area (Å²) in [6.07, 6.45) is 7.98. The van der Waals surface area contributed by atoms with Gasteiger partial charge in [-0.05, 0) is 48.9 Å². The van der Waals surface area contributed by atoms with E-state index in [9.17, 15) is 32.4 Å². The van der Waals surface area contributed by atoms with E-state index in [4.69, 9.17) is 0 Å². The van der Waals surface area contributed by atoms with E-state index in [1.807, 2.05) is 41.5 Å². The number of nitrogens with zero attached hydrogens (tertiary/aromatic N) is 3. The summed E-state index contributed by atoms with van der Waals surface area (Å²) in [6.45, 7) is 15.6. The molecule has 2 fully saturated rings. The van der Waals surface area contributed by atoms with Gasteiger partial charge in [-0.3, -0.25) is 19.2 Å². The Bertz CT molecular complexity index is 1330. The van der Waals surface area contributed by atoms with Gasteiger partial charge in [0.15, 0.2) is 0 Å². The van der Waals surface area contributed by atoms with Crippen LogP contribution in [0.1, 0.15) is 99.3 Å². The summed E-state index contributed by atoms with van der Waals surface area (Å²) in [5.41, 5.74) is -0.533. The van der Waals surface area contributed by atoms with Crippen LogP contribution in [0.15, 0.2) is 12.7 Å². The maximum atomic E-state index is 14.6. The maximum Gasteiger partial charge on any atom is 0.315 e. The fourth-order valence-electron chi connectivity index (χ4n) is 6.98. The monoisotopic (exact) mass is 739 g/mol. The molecule has 0 bridgehead atoms. The van der Waals surface area contributed by atoms with Gasteiger partial charge in [-0.15, -0.1) is 6.58 Å². The molecule has 5 atom stereocenters. The van der Waals surface area contributed by atoms with Crippen LogP contribution in [-0.2, 0) is 29.4 Å². The Balaban J connectivity index is 2.40. The number of nitrogens with one attached hydrogen (secondary N) is 4. The van der Waals surface area contributed by atoms with Crippen molar-refractivity contribution in [1.82, 2.24) is 34.8 Å². The smallest absolute Gasteiger partial charge is 0.315 e. The topological polar surface area (TPSA) is 177 Å². The maximum absolute atomic E-state index is 14.6. The minimum Gasteiger partial charge on any atom is -0.346 e. The van der Waals surface area contributed by atoms with E-state index >= 15 is 0 Å². The van der Waals surface area contributed by atoms with Gasteiger partial charge in [0.25, 0.3) is 16.1 Å². The van der Waals surface area contributed by atoms with Gasteiger partial charge in [-0.1, -0.05) is 79.7 Å². The molecule has 4 N–H and O–H groups in total. The van der Waals surface area contributed by atoms with Crippen molar-refractivity contribution >= 4 is 39.7 Å². The number of likely N-dealkylation sites (N-methyl/N-ethyl adjacent to an activating group) is 1. The third-order valence-corrected chi connectivity index (χ3v) is 12.1. The van der Waals surface area contributed by atoms with Gasteiger partial charge in [0.2, 0.25) is 17.6 Å². The predicted molar refractivity (Wildman–Crippen MR) is 199 cm³/mol. The van der Waals surface area contributed by atoms with Gasteiger partial charge in [0, 0.05) is 46.8 Å². The number of amides is 5. The lowest BCUT2D eigenvalue weighted by atomic mass is 9.82. The summed E-state index contributed by atoms with van der Waals surface area (Å²) >= 11 is 0. The molecule has 0 aromatic carbocycles. The minimum absolute atomic E-state index is 0.00739. The zero-order valence-electron chi connectivity index (χ0n) is 32.4. The highest BCUT2D eigenvalue weighted by Gasteiger charge is 2.47. The second-order valence-electron chi connectivity index (χ2n) is 15.7. The molecule has 0 aromatic heterocycles. The Labute approximate surface area is 306 Å². The molecule has 2 rings (SSSR count). The molecule has 1 aliphatic heterocycles. The van der Waals surface area contributed by atoms with Gasteiger partial charge < -0.3 is 26.2 Å². The summed E-state index contributed by atoms with van der Waals surface area (Å²) in [6, 6.07) is -4.05. The van der Waals surface area contributed by atoms with Crippen LogP contribution in [0.4, 0.5) is 4.79 Å². The molecule has 0 spiro atoms. The van der Waals surface area contributed by atoms with E-state index in [0.717, 1.165) is 42.8 Å². The third kappa shape index (κ3) is 12.3. The molecule has 1 aliphatic carbocycles. The molecule has 2 aliphatic rings. The molecular weight excluding hydrogens is 675 g/mol. The number of hydrogen-bond acceptors (Lipinski definition) is 7. The number of urea groups is 1. The number of Topliss-reactive ketones (excluding diaryl/α,β-unsaturated/α-hetero) is 1. The molecule has 1 saturated carbocycles. The van der Waals surface area contributed by atoms with Gasteiger partial charge in [-0.25, -0.2) is 4.79 Å². The van der Waals surface area contributed by atoms with Crippen LogP contribution in [0.5, 0.6) is 0 Å². The van der Waals surface area contributed by atoms with Crippen LogP contribution >= 0.6 is 0 Å². The van der Waals surface area contributed by atoms with Crippen molar-refractivity contribution in [2.45, 2.75) is 123 Å². The number of rotatable bonds is 18. The predicted octanol–water partition coefficient (Wildman–Crippen LogP) is 2.81. The Morgan fingerprint density at radius 1 is 0.961 bits per heavy atom. The van der Waals surface area contributed by atoms with Gasteiger partial charge in [0.05, 0.1) is 6.04 Å². The number of unbranched alkanes of at least 4 members (excludes halogenated alkanes) is 1. The average Bonchev–Trinajstić information content (AvgIpc) is 3.53. The van der Waals surface area contributed by atoms with E-state index in [-0.39, 0.29) is 43.2 Å². The quantitative estimate of drug-likeness (QED) is 0.123. The van der Waals surface area contributed by atoms with Crippen LogP contribution in [0.3, 0.4) is 0 Å². The van der Waals surface area contributed by atoms with Crippen LogP contribution in [0.2, 0.25) is 0 Å². The van der Waals surface area contributed by atoms with E-state index in [2.05, 4.69) is 27.8 Å². The fourth-order valence-corrected chi connectivity index (χ4v) is 7.87. The normalized spacial score (nSPS) is 20.5. The SMILES string of the molecule is C=CCNC(=O)C(=O)C(CCCC)NC(=O)[C@@H]1[C@@H](C(C)C)CCN1C(=O)[C@@H](NC(=O)N[C@H](CN(C)S(=O)(=O)N(C)C)C(C)(C)C)C1CCCCC1. The first kappa shape index (κ1) is 44.1. The lowest BCUT2D eigenvalue weighted by Crippen LogP contribution is -2.61. The Morgan fingerprint density at radius 3 is 2.12 bits per heavy atom. The molecule has 14 nitrogen and oxygen atoms in total. The Morgan fingerprint density at radius 2 is 1.59 bits per heavy atom. The first-order valence-corrected chi connectivity index (χ1v) is 19.9. The number of likely N-dealkylation sites (tertiary alicyclic amines) is 1. The molecule has 0 radical (unpaired) electrons. The highest BCUT2D eigenvalue weighted by Crippen LogP contribution is 2.34. The third-order valence-electron chi connectivity index (χ3n) is 10.3. The second-order valence-corrected chi connectivity index (χ2v) is 18.0. The van der Waals surface area contributed by atoms with Crippen molar-refractivity contribution in [2.24, 2.45) is 23.2 Å². The zero-order valence-corrected chi connectivity index (χ0v) is 33.2. The zero-order chi connectivity index (χ0) is 38.7. The summed E-state index contributed by atoms with van der Waals surface area (Å²) in [5, 5.41) is 11.2. The van der Waals surface area contributed by atoms with Gasteiger partial charge in [0.1, 0.15) is 12.1 Å². The van der Waals surface area contributed by atoms with Crippen molar-refractivity contribution < 1.29 is 32.4 Å². The molecule has 15 heteroatoms. The summed E-state index contributed by atoms with van der Waals surface area (Å²) in [4.78, 5) is 69.8. The summed E-state index contributed by atoms with van der Waals surface area (Å²) in [7, 11) is 0.605. The molecule has 1 saturated heterocycles. The van der Waals surface area contributed by atoms with Crippen LogP contribution in [-0.4, -0.2) is 116 Å². The Kier molecular flexibility index (Phi) is 17.0. The number of carbonyl (C=O) groups is 5. The molecular formula is C36H65N7O7S. The van der Waals surface area contributed by atoms with Crippen LogP contribution in [0.25, 0.3) is 0 Å². The highest BCUT2D eigenvalue weighted by atomic mass is 32.2. The van der Waals surface area contributed by atoms with Crippen LogP contribution < -0.4 is 21.3 Å². The molecule has 0 aromatic rings. The van der Waals surface area contributed by atoms with E-state index in [1.165, 1.54) is 31.5 Å².